The van der Waals surface area contributed by atoms with E-state index in [-0.39, 0.29) is 0 Å². The van der Waals surface area contributed by atoms with Crippen molar-refractivity contribution in [1.29, 1.82) is 0 Å². The summed E-state index contributed by atoms with van der Waals surface area (Å²) in [6.45, 7) is 4.73. The van der Waals surface area contributed by atoms with Gasteiger partial charge in [0.05, 0.1) is 0 Å². The Balaban J connectivity index is 1.98. The Hall–Kier alpha value is -0.370. The maximum Gasteiger partial charge on any atom is 0.134 e. The molecular weight excluding hydrogens is 186 g/mol. The van der Waals surface area contributed by atoms with Crippen molar-refractivity contribution in [1.82, 2.24) is 4.90 Å². The molecule has 2 unspecified atom stereocenters. The second-order valence-electron chi connectivity index (χ2n) is 5.14. The zero-order valence-electron chi connectivity index (χ0n) is 9.87. The van der Waals surface area contributed by atoms with Gasteiger partial charge >= 0.3 is 0 Å². The van der Waals surface area contributed by atoms with Crippen molar-refractivity contribution in [2.24, 2.45) is 5.92 Å². The molecule has 2 atom stereocenters. The summed E-state index contributed by atoms with van der Waals surface area (Å²) >= 11 is 0. The standard InChI is InChI=1S/C13H23NO/c1-2-5-11-6-7-12(15)10-13(11)14-8-3-4-9-14/h11,13H,2-10H2,1H3. The lowest BCUT2D eigenvalue weighted by atomic mass is 9.80. The Morgan fingerprint density at radius 2 is 2.07 bits per heavy atom. The molecule has 0 aromatic heterocycles. The van der Waals surface area contributed by atoms with E-state index in [0.29, 0.717) is 11.8 Å². The highest BCUT2D eigenvalue weighted by Crippen LogP contribution is 2.31. The first-order chi connectivity index (χ1) is 7.31. The smallest absolute Gasteiger partial charge is 0.134 e. The van der Waals surface area contributed by atoms with Crippen molar-refractivity contribution < 1.29 is 4.79 Å². The Morgan fingerprint density at radius 1 is 1.33 bits per heavy atom. The first-order valence-electron chi connectivity index (χ1n) is 6.57. The van der Waals surface area contributed by atoms with E-state index in [4.69, 9.17) is 0 Å². The summed E-state index contributed by atoms with van der Waals surface area (Å²) in [6, 6.07) is 0.591. The van der Waals surface area contributed by atoms with Gasteiger partial charge in [-0.25, -0.2) is 0 Å². The maximum absolute atomic E-state index is 11.6. The van der Waals surface area contributed by atoms with E-state index in [0.717, 1.165) is 25.2 Å². The highest BCUT2D eigenvalue weighted by atomic mass is 16.1. The van der Waals surface area contributed by atoms with Crippen LogP contribution in [0.2, 0.25) is 0 Å². The normalized spacial score (nSPS) is 33.5. The lowest BCUT2D eigenvalue weighted by Crippen LogP contribution is -2.43. The quantitative estimate of drug-likeness (QED) is 0.712. The van der Waals surface area contributed by atoms with Gasteiger partial charge in [0.25, 0.3) is 0 Å². The fourth-order valence-electron chi connectivity index (χ4n) is 3.25. The van der Waals surface area contributed by atoms with Crippen molar-refractivity contribution >= 4 is 5.78 Å². The predicted molar refractivity (Wildman–Crippen MR) is 61.9 cm³/mol. The van der Waals surface area contributed by atoms with Crippen LogP contribution < -0.4 is 0 Å². The average Bonchev–Trinajstić information content (AvgIpc) is 2.74. The predicted octanol–water partition coefficient (Wildman–Crippen LogP) is 2.62. The van der Waals surface area contributed by atoms with Gasteiger partial charge in [-0.3, -0.25) is 9.69 Å². The minimum atomic E-state index is 0.499. The van der Waals surface area contributed by atoms with E-state index in [1.807, 2.05) is 0 Å². The average molecular weight is 209 g/mol. The molecule has 0 radical (unpaired) electrons. The molecule has 1 saturated carbocycles. The monoisotopic (exact) mass is 209 g/mol. The number of carbonyl (C=O) groups excluding carboxylic acids is 1. The summed E-state index contributed by atoms with van der Waals surface area (Å²) in [4.78, 5) is 14.1. The molecule has 2 heteroatoms. The summed E-state index contributed by atoms with van der Waals surface area (Å²) in [5, 5.41) is 0. The zero-order valence-corrected chi connectivity index (χ0v) is 9.87. The fraction of sp³-hybridized carbons (Fsp3) is 0.923. The Bertz CT molecular complexity index is 221. The highest BCUT2D eigenvalue weighted by molar-refractivity contribution is 5.79. The van der Waals surface area contributed by atoms with Crippen molar-refractivity contribution in [2.75, 3.05) is 13.1 Å². The van der Waals surface area contributed by atoms with E-state index < -0.39 is 0 Å². The molecule has 0 spiro atoms. The van der Waals surface area contributed by atoms with Crippen molar-refractivity contribution in [3.8, 4) is 0 Å². The fourth-order valence-corrected chi connectivity index (χ4v) is 3.25. The number of rotatable bonds is 3. The van der Waals surface area contributed by atoms with Crippen molar-refractivity contribution in [3.05, 3.63) is 0 Å². The van der Waals surface area contributed by atoms with Crippen LogP contribution in [0.1, 0.15) is 51.9 Å². The number of carbonyl (C=O) groups is 1. The third kappa shape index (κ3) is 2.60. The minimum Gasteiger partial charge on any atom is -0.300 e. The Morgan fingerprint density at radius 3 is 2.73 bits per heavy atom. The molecule has 0 bridgehead atoms. The first-order valence-corrected chi connectivity index (χ1v) is 6.57. The molecule has 2 fully saturated rings. The number of likely N-dealkylation sites (tertiary alicyclic amines) is 1. The molecule has 1 aliphatic carbocycles. The second kappa shape index (κ2) is 5.11. The van der Waals surface area contributed by atoms with Gasteiger partial charge in [-0.05, 0) is 44.7 Å². The SMILES string of the molecule is CCCC1CCC(=O)CC1N1CCCC1. The largest absolute Gasteiger partial charge is 0.300 e. The number of hydrogen-bond acceptors (Lipinski definition) is 2. The van der Waals surface area contributed by atoms with Crippen LogP contribution in [0, 0.1) is 5.92 Å². The molecular formula is C13H23NO. The van der Waals surface area contributed by atoms with Crippen molar-refractivity contribution in [2.45, 2.75) is 57.9 Å². The van der Waals surface area contributed by atoms with Crippen LogP contribution in [0.3, 0.4) is 0 Å². The number of nitrogens with zero attached hydrogens (tertiary/aromatic N) is 1. The molecule has 1 saturated heterocycles. The van der Waals surface area contributed by atoms with E-state index >= 15 is 0 Å². The lowest BCUT2D eigenvalue weighted by molar-refractivity contribution is -0.123. The molecule has 0 amide bonds. The Kier molecular flexibility index (Phi) is 3.79. The molecule has 86 valence electrons. The maximum atomic E-state index is 11.6. The van der Waals surface area contributed by atoms with Crippen LogP contribution in [0.5, 0.6) is 0 Å². The van der Waals surface area contributed by atoms with Crippen molar-refractivity contribution in [3.63, 3.8) is 0 Å². The molecule has 0 aromatic carbocycles. The summed E-state index contributed by atoms with van der Waals surface area (Å²) in [6.07, 6.45) is 8.08. The van der Waals surface area contributed by atoms with Gasteiger partial charge in [0.1, 0.15) is 5.78 Å². The molecule has 2 nitrogen and oxygen atoms in total. The van der Waals surface area contributed by atoms with Gasteiger partial charge in [0, 0.05) is 18.9 Å². The molecule has 2 aliphatic rings. The van der Waals surface area contributed by atoms with Gasteiger partial charge in [0.2, 0.25) is 0 Å². The lowest BCUT2D eigenvalue weighted by Gasteiger charge is -2.37. The summed E-state index contributed by atoms with van der Waals surface area (Å²) < 4.78 is 0. The van der Waals surface area contributed by atoms with E-state index in [9.17, 15) is 4.79 Å². The van der Waals surface area contributed by atoms with Crippen LogP contribution in [-0.4, -0.2) is 29.8 Å². The summed E-state index contributed by atoms with van der Waals surface area (Å²) in [5.74, 6) is 1.30. The van der Waals surface area contributed by atoms with Crippen LogP contribution in [0.15, 0.2) is 0 Å². The van der Waals surface area contributed by atoms with Crippen LogP contribution in [-0.2, 0) is 4.79 Å². The topological polar surface area (TPSA) is 20.3 Å². The highest BCUT2D eigenvalue weighted by Gasteiger charge is 2.33. The van der Waals surface area contributed by atoms with Gasteiger partial charge in [0.15, 0.2) is 0 Å². The van der Waals surface area contributed by atoms with E-state index in [1.54, 1.807) is 0 Å². The van der Waals surface area contributed by atoms with E-state index in [1.165, 1.54) is 38.8 Å². The summed E-state index contributed by atoms with van der Waals surface area (Å²) in [7, 11) is 0. The molecule has 0 aromatic rings. The third-order valence-corrected chi connectivity index (χ3v) is 4.04. The molecule has 2 rings (SSSR count). The van der Waals surface area contributed by atoms with Gasteiger partial charge in [-0.1, -0.05) is 13.3 Å². The molecule has 0 N–H and O–H groups in total. The van der Waals surface area contributed by atoms with Crippen LogP contribution in [0.25, 0.3) is 0 Å². The van der Waals surface area contributed by atoms with Gasteiger partial charge < -0.3 is 0 Å². The Labute approximate surface area is 93.0 Å². The molecule has 1 aliphatic heterocycles. The summed E-state index contributed by atoms with van der Waals surface area (Å²) in [5.41, 5.74) is 0. The molecule has 15 heavy (non-hydrogen) atoms. The number of hydrogen-bond donors (Lipinski definition) is 0. The van der Waals surface area contributed by atoms with Gasteiger partial charge in [-0.15, -0.1) is 0 Å². The van der Waals surface area contributed by atoms with Gasteiger partial charge in [-0.2, -0.15) is 0 Å². The molecule has 1 heterocycles. The zero-order chi connectivity index (χ0) is 10.7. The number of Topliss-reactive ketones (excluding diaryl/α,β-unsaturated/α-hetero) is 1. The van der Waals surface area contributed by atoms with Crippen LogP contribution >= 0.6 is 0 Å². The second-order valence-corrected chi connectivity index (χ2v) is 5.14. The minimum absolute atomic E-state index is 0.499. The first kappa shape index (κ1) is 11.1. The number of ketones is 1. The van der Waals surface area contributed by atoms with Crippen LogP contribution in [0.4, 0.5) is 0 Å². The van der Waals surface area contributed by atoms with E-state index in [2.05, 4.69) is 11.8 Å². The third-order valence-electron chi connectivity index (χ3n) is 4.04.